The van der Waals surface area contributed by atoms with Crippen LogP contribution in [0.2, 0.25) is 0 Å². The van der Waals surface area contributed by atoms with E-state index in [-0.39, 0.29) is 0 Å². The van der Waals surface area contributed by atoms with Crippen LogP contribution in [0.4, 0.5) is 0 Å². The average molecular weight is 618 g/mol. The molecule has 0 amide bonds. The number of allylic oxidation sites excluding steroid dienone is 4. The number of aryl methyl sites for hydroxylation is 4. The summed E-state index contributed by atoms with van der Waals surface area (Å²) in [7, 11) is 2.70. The van der Waals surface area contributed by atoms with Crippen LogP contribution in [0, 0.1) is 6.92 Å². The lowest BCUT2D eigenvalue weighted by molar-refractivity contribution is -0.139. The van der Waals surface area contributed by atoms with Crippen molar-refractivity contribution >= 4 is 45.2 Å². The Hall–Kier alpha value is -4.65. The molecule has 0 fully saturated rings. The SMILES string of the molecule is CCC1=C(C)c2cc3cc(cc4[nH]c(cc5[nH]c(cc1n2)c(CC)c5CC)c(CC)c4C)[C@H]1C=C[C@@H]3C(C(=O)OC)=C1C(=O)OC. The minimum atomic E-state index is -0.538. The highest BCUT2D eigenvalue weighted by molar-refractivity contribution is 6.04. The second kappa shape index (κ2) is 12.3. The number of nitrogens with zero attached hydrogens (tertiary/aromatic N) is 1. The molecule has 3 aliphatic carbocycles. The molecule has 0 saturated heterocycles. The van der Waals surface area contributed by atoms with Gasteiger partial charge < -0.3 is 19.4 Å². The lowest BCUT2D eigenvalue weighted by Crippen LogP contribution is -2.23. The quantitative estimate of drug-likeness (QED) is 0.214. The van der Waals surface area contributed by atoms with E-state index in [1.165, 1.54) is 36.5 Å². The van der Waals surface area contributed by atoms with Crippen molar-refractivity contribution in [3.05, 3.63) is 98.4 Å². The molecule has 2 N–H and O–H groups in total. The van der Waals surface area contributed by atoms with Gasteiger partial charge in [-0.1, -0.05) is 45.9 Å². The molecule has 0 aromatic carbocycles. The number of rotatable bonds is 6. The minimum Gasteiger partial charge on any atom is -0.466 e. The van der Waals surface area contributed by atoms with Crippen LogP contribution in [0.25, 0.3) is 33.2 Å². The summed E-state index contributed by atoms with van der Waals surface area (Å²) < 4.78 is 10.5. The van der Waals surface area contributed by atoms with Crippen LogP contribution in [-0.4, -0.2) is 41.1 Å². The Labute approximate surface area is 270 Å². The van der Waals surface area contributed by atoms with E-state index in [0.717, 1.165) is 81.4 Å². The molecule has 10 bridgehead atoms. The predicted octanol–water partition coefficient (Wildman–Crippen LogP) is 8.34. The molecular weight excluding hydrogens is 574 g/mol. The van der Waals surface area contributed by atoms with Crippen molar-refractivity contribution < 1.29 is 19.1 Å². The van der Waals surface area contributed by atoms with Gasteiger partial charge in [0.1, 0.15) is 0 Å². The number of hydrogen-bond donors (Lipinski definition) is 2. The first-order valence-corrected chi connectivity index (χ1v) is 16.4. The van der Waals surface area contributed by atoms with Gasteiger partial charge in [0.25, 0.3) is 0 Å². The third-order valence-corrected chi connectivity index (χ3v) is 9.99. The second-order valence-corrected chi connectivity index (χ2v) is 12.2. The fraction of sp³-hybridized carbons (Fsp3) is 0.359. The summed E-state index contributed by atoms with van der Waals surface area (Å²) in [4.78, 5) is 39.5. The van der Waals surface area contributed by atoms with E-state index in [1.807, 2.05) is 12.2 Å². The van der Waals surface area contributed by atoms with E-state index in [2.05, 4.69) is 81.8 Å². The van der Waals surface area contributed by atoms with E-state index in [1.54, 1.807) is 0 Å². The molecule has 3 aromatic rings. The molecule has 7 nitrogen and oxygen atoms in total. The number of carbonyl (C=O) groups is 2. The van der Waals surface area contributed by atoms with Gasteiger partial charge in [-0.15, -0.1) is 0 Å². The maximum Gasteiger partial charge on any atom is 0.335 e. The lowest BCUT2D eigenvalue weighted by atomic mass is 9.80. The monoisotopic (exact) mass is 617 g/mol. The van der Waals surface area contributed by atoms with Gasteiger partial charge in [0.05, 0.1) is 36.8 Å². The maximum absolute atomic E-state index is 13.4. The molecule has 0 spiro atoms. The van der Waals surface area contributed by atoms with Gasteiger partial charge in [0.2, 0.25) is 0 Å². The molecule has 46 heavy (non-hydrogen) atoms. The van der Waals surface area contributed by atoms with Crippen molar-refractivity contribution in [2.45, 2.75) is 79.1 Å². The Morgan fingerprint density at radius 1 is 0.652 bits per heavy atom. The van der Waals surface area contributed by atoms with Crippen LogP contribution in [0.15, 0.2) is 53.6 Å². The number of ether oxygens (including phenoxy) is 2. The van der Waals surface area contributed by atoms with Crippen LogP contribution in [0.5, 0.6) is 0 Å². The number of nitrogens with one attached hydrogen (secondary N) is 2. The third kappa shape index (κ3) is 4.93. The fourth-order valence-corrected chi connectivity index (χ4v) is 7.65. The lowest BCUT2D eigenvalue weighted by Gasteiger charge is -2.24. The summed E-state index contributed by atoms with van der Waals surface area (Å²) in [6.07, 6.45) is 7.53. The first-order valence-electron chi connectivity index (χ1n) is 16.4. The summed E-state index contributed by atoms with van der Waals surface area (Å²) in [5.41, 5.74) is 15.7. The van der Waals surface area contributed by atoms with Crippen LogP contribution >= 0.6 is 0 Å². The Kier molecular flexibility index (Phi) is 8.36. The molecule has 3 aromatic heterocycles. The van der Waals surface area contributed by atoms with Gasteiger partial charge in [0.15, 0.2) is 0 Å². The molecule has 0 unspecified atom stereocenters. The minimum absolute atomic E-state index is 0.308. The summed E-state index contributed by atoms with van der Waals surface area (Å²) in [5.74, 6) is -2.06. The van der Waals surface area contributed by atoms with Crippen molar-refractivity contribution in [3.63, 3.8) is 0 Å². The van der Waals surface area contributed by atoms with Crippen LogP contribution in [0.3, 0.4) is 0 Å². The molecule has 1 aliphatic heterocycles. The number of fused-ring (bicyclic) bond motifs is 6. The average Bonchev–Trinajstić information content (AvgIpc) is 3.58. The number of H-pyrrole nitrogens is 2. The van der Waals surface area contributed by atoms with E-state index in [4.69, 9.17) is 14.5 Å². The highest BCUT2D eigenvalue weighted by atomic mass is 16.5. The number of esters is 2. The molecule has 238 valence electrons. The summed E-state index contributed by atoms with van der Waals surface area (Å²) in [6.45, 7) is 13.0. The van der Waals surface area contributed by atoms with E-state index in [0.29, 0.717) is 11.1 Å². The smallest absolute Gasteiger partial charge is 0.335 e. The zero-order chi connectivity index (χ0) is 32.9. The van der Waals surface area contributed by atoms with Crippen molar-refractivity contribution in [2.75, 3.05) is 14.2 Å². The van der Waals surface area contributed by atoms with Gasteiger partial charge in [0, 0.05) is 33.9 Å². The van der Waals surface area contributed by atoms with Gasteiger partial charge in [-0.2, -0.15) is 0 Å². The highest BCUT2D eigenvalue weighted by Crippen LogP contribution is 2.46. The van der Waals surface area contributed by atoms with Crippen molar-refractivity contribution in [3.8, 4) is 0 Å². The number of aromatic amines is 2. The molecular formula is C39H43N3O4. The van der Waals surface area contributed by atoms with Crippen LogP contribution in [-0.2, 0) is 38.3 Å². The molecule has 2 atom stereocenters. The summed E-state index contributed by atoms with van der Waals surface area (Å²) in [5, 5.41) is 0. The second-order valence-electron chi connectivity index (χ2n) is 12.2. The number of hydrogen-bond acceptors (Lipinski definition) is 5. The maximum atomic E-state index is 13.4. The molecule has 0 radical (unpaired) electrons. The van der Waals surface area contributed by atoms with Crippen molar-refractivity contribution in [2.24, 2.45) is 0 Å². The van der Waals surface area contributed by atoms with E-state index >= 15 is 0 Å². The van der Waals surface area contributed by atoms with Crippen molar-refractivity contribution in [1.29, 1.82) is 0 Å². The largest absolute Gasteiger partial charge is 0.466 e. The summed E-state index contributed by atoms with van der Waals surface area (Å²) >= 11 is 0. The fourth-order valence-electron chi connectivity index (χ4n) is 7.65. The molecule has 7 rings (SSSR count). The number of methoxy groups -OCH3 is 2. The van der Waals surface area contributed by atoms with E-state index in [9.17, 15) is 9.59 Å². The zero-order valence-electron chi connectivity index (χ0n) is 28.1. The normalized spacial score (nSPS) is 17.4. The number of carbonyl (C=O) groups excluding carboxylic acids is 2. The predicted molar refractivity (Wildman–Crippen MR) is 185 cm³/mol. The molecule has 4 aliphatic rings. The highest BCUT2D eigenvalue weighted by Gasteiger charge is 2.39. The van der Waals surface area contributed by atoms with Gasteiger partial charge in [-0.05, 0) is 108 Å². The van der Waals surface area contributed by atoms with Gasteiger partial charge in [-0.25, -0.2) is 14.6 Å². The topological polar surface area (TPSA) is 97.1 Å². The van der Waals surface area contributed by atoms with Crippen LogP contribution < -0.4 is 0 Å². The third-order valence-electron chi connectivity index (χ3n) is 9.99. The standard InChI is InChI=1S/C39H43N3O4/c1-9-24-20(5)30-16-22-15-23(29-14-13-28(22)36(38(43)45-7)37(29)39(44)46-8)17-31-21(6)25(10-2)33(41-31)19-35-27(12-4)26(11-3)34(42-35)18-32(24)40-30/h13-19,28-29,40,42H,9-12H2,1-8H3/t28-,29+/m1/s1. The number of aromatic nitrogens is 3. The van der Waals surface area contributed by atoms with Crippen molar-refractivity contribution in [1.82, 2.24) is 15.0 Å². The molecule has 7 heteroatoms. The molecule has 0 saturated carbocycles. The van der Waals surface area contributed by atoms with Gasteiger partial charge in [-0.3, -0.25) is 0 Å². The Bertz CT molecular complexity index is 2030. The van der Waals surface area contributed by atoms with E-state index < -0.39 is 23.8 Å². The first kappa shape index (κ1) is 31.3. The zero-order valence-corrected chi connectivity index (χ0v) is 28.1. The summed E-state index contributed by atoms with van der Waals surface area (Å²) in [6, 6.07) is 10.7. The Morgan fingerprint density at radius 2 is 1.17 bits per heavy atom. The Morgan fingerprint density at radius 3 is 1.72 bits per heavy atom. The van der Waals surface area contributed by atoms with Crippen LogP contribution in [0.1, 0.15) is 97.6 Å². The van der Waals surface area contributed by atoms with Gasteiger partial charge >= 0.3 is 11.9 Å². The Balaban J connectivity index is 1.83. The molecule has 4 heterocycles. The first-order chi connectivity index (χ1) is 22.2.